The third kappa shape index (κ3) is 7.38. The van der Waals surface area contributed by atoms with Gasteiger partial charge in [-0.25, -0.2) is 9.98 Å². The van der Waals surface area contributed by atoms with E-state index in [1.165, 1.54) is 5.56 Å². The number of aliphatic imine (C=N–C) groups is 2. The average molecular weight is 853 g/mol. The standard InChI is InChI=1S/C60H48N6/c1-41-38-56(42(2)43(3)57(41)60-62-58(44-22-10-4-11-23-44)61-59(63-60)45-24-12-5-13-25-45)66-54-36-34-50(64(46-26-14-6-15-27-46)47-28-16-7-17-29-47)39-52(54)53-40-51(35-37-55(53)66)65(48-30-18-8-19-31-48)49-32-20-9-21-33-49/h4-40,58H,1-3H3,(H,61,62,63). The van der Waals surface area contributed by atoms with Crippen LogP contribution in [0, 0.1) is 20.8 Å². The van der Waals surface area contributed by atoms with Crippen molar-refractivity contribution in [2.75, 3.05) is 9.80 Å². The van der Waals surface area contributed by atoms with E-state index in [0.29, 0.717) is 0 Å². The van der Waals surface area contributed by atoms with Crippen LogP contribution in [0.2, 0.25) is 0 Å². The number of nitrogens with zero attached hydrogens (tertiary/aromatic N) is 5. The Morgan fingerprint density at radius 3 is 1.32 bits per heavy atom. The van der Waals surface area contributed by atoms with Crippen molar-refractivity contribution in [3.8, 4) is 5.69 Å². The summed E-state index contributed by atoms with van der Waals surface area (Å²) in [5.74, 6) is 1.54. The Bertz CT molecular complexity index is 3180. The molecule has 0 fully saturated rings. The Morgan fingerprint density at radius 1 is 0.439 bits per heavy atom. The van der Waals surface area contributed by atoms with Crippen molar-refractivity contribution >= 4 is 67.6 Å². The summed E-state index contributed by atoms with van der Waals surface area (Å²) in [6.07, 6.45) is -0.286. The summed E-state index contributed by atoms with van der Waals surface area (Å²) in [6, 6.07) is 79.4. The molecule has 6 nitrogen and oxygen atoms in total. The molecule has 0 saturated carbocycles. The Hall–Kier alpha value is -8.48. The molecule has 0 spiro atoms. The molecule has 9 aromatic carbocycles. The number of amidine groups is 2. The first-order valence-electron chi connectivity index (χ1n) is 22.5. The Balaban J connectivity index is 1.13. The van der Waals surface area contributed by atoms with E-state index in [0.717, 1.165) is 101 Å². The van der Waals surface area contributed by atoms with Gasteiger partial charge in [-0.05, 0) is 134 Å². The Kier molecular flexibility index (Phi) is 10.5. The number of rotatable bonds is 10. The van der Waals surface area contributed by atoms with Gasteiger partial charge in [-0.15, -0.1) is 0 Å². The summed E-state index contributed by atoms with van der Waals surface area (Å²) in [5, 5.41) is 5.95. The number of para-hydroxylation sites is 4. The SMILES string of the molecule is Cc1cc(-n2c3ccc(N(c4ccccc4)c4ccccc4)cc3c3cc(N(c4ccccc4)c4ccccc4)ccc32)c(C)c(C)c1C1=NC(c2ccccc2)NC(c2ccccc2)=N1. The van der Waals surface area contributed by atoms with Crippen molar-refractivity contribution in [3.63, 3.8) is 0 Å². The smallest absolute Gasteiger partial charge is 0.159 e. The number of aryl methyl sites for hydroxylation is 1. The molecule has 10 aromatic rings. The average Bonchev–Trinajstić information content (AvgIpc) is 3.70. The number of fused-ring (bicyclic) bond motifs is 3. The number of benzene rings is 9. The molecule has 1 aliphatic heterocycles. The number of nitrogens with one attached hydrogen (secondary N) is 1. The molecule has 0 aliphatic carbocycles. The third-order valence-electron chi connectivity index (χ3n) is 12.7. The molecular weight excluding hydrogens is 805 g/mol. The zero-order valence-corrected chi connectivity index (χ0v) is 37.2. The van der Waals surface area contributed by atoms with Gasteiger partial charge >= 0.3 is 0 Å². The van der Waals surface area contributed by atoms with Gasteiger partial charge in [0.2, 0.25) is 0 Å². The molecule has 1 aromatic heterocycles. The van der Waals surface area contributed by atoms with Crippen LogP contribution >= 0.6 is 0 Å². The maximum absolute atomic E-state index is 5.31. The first-order chi connectivity index (χ1) is 32.5. The largest absolute Gasteiger partial charge is 0.344 e. The predicted octanol–water partition coefficient (Wildman–Crippen LogP) is 15.1. The first kappa shape index (κ1) is 40.3. The van der Waals surface area contributed by atoms with E-state index in [9.17, 15) is 0 Å². The molecule has 1 unspecified atom stereocenters. The number of hydrogen-bond donors (Lipinski definition) is 1. The molecule has 0 saturated heterocycles. The zero-order chi connectivity index (χ0) is 44.6. The summed E-state index contributed by atoms with van der Waals surface area (Å²) in [5.41, 5.74) is 16.5. The van der Waals surface area contributed by atoms with Crippen LogP contribution < -0.4 is 15.1 Å². The summed E-state index contributed by atoms with van der Waals surface area (Å²) in [7, 11) is 0. The lowest BCUT2D eigenvalue weighted by molar-refractivity contribution is 0.674. The van der Waals surface area contributed by atoms with Crippen LogP contribution in [-0.4, -0.2) is 16.2 Å². The maximum atomic E-state index is 5.31. The van der Waals surface area contributed by atoms with Crippen molar-refractivity contribution < 1.29 is 0 Å². The number of hydrogen-bond acceptors (Lipinski definition) is 5. The summed E-state index contributed by atoms with van der Waals surface area (Å²) in [6.45, 7) is 6.66. The number of aromatic nitrogens is 1. The second-order valence-corrected chi connectivity index (χ2v) is 16.8. The van der Waals surface area contributed by atoms with Gasteiger partial charge in [-0.3, -0.25) is 0 Å². The normalized spacial score (nSPS) is 13.5. The van der Waals surface area contributed by atoms with Crippen molar-refractivity contribution in [1.82, 2.24) is 9.88 Å². The van der Waals surface area contributed by atoms with E-state index in [2.05, 4.69) is 253 Å². The zero-order valence-electron chi connectivity index (χ0n) is 37.2. The second kappa shape index (κ2) is 17.2. The minimum Gasteiger partial charge on any atom is -0.344 e. The lowest BCUT2D eigenvalue weighted by atomic mass is 9.95. The van der Waals surface area contributed by atoms with Gasteiger partial charge in [0, 0.05) is 61.7 Å². The van der Waals surface area contributed by atoms with Gasteiger partial charge in [0.25, 0.3) is 0 Å². The Morgan fingerprint density at radius 2 is 0.864 bits per heavy atom. The van der Waals surface area contributed by atoms with E-state index in [4.69, 9.17) is 9.98 Å². The van der Waals surface area contributed by atoms with E-state index in [-0.39, 0.29) is 6.17 Å². The molecule has 1 atom stereocenters. The quantitative estimate of drug-likeness (QED) is 0.149. The van der Waals surface area contributed by atoms with Gasteiger partial charge in [0.05, 0.1) is 11.0 Å². The fourth-order valence-electron chi connectivity index (χ4n) is 9.49. The lowest BCUT2D eigenvalue weighted by Crippen LogP contribution is -2.34. The minimum absolute atomic E-state index is 0.286. The molecule has 11 rings (SSSR count). The number of anilines is 6. The molecule has 66 heavy (non-hydrogen) atoms. The van der Waals surface area contributed by atoms with Crippen LogP contribution in [0.15, 0.2) is 234 Å². The molecule has 2 heterocycles. The van der Waals surface area contributed by atoms with Gasteiger partial charge in [-0.1, -0.05) is 133 Å². The van der Waals surface area contributed by atoms with Crippen LogP contribution in [0.4, 0.5) is 34.1 Å². The highest BCUT2D eigenvalue weighted by molar-refractivity contribution is 6.15. The monoisotopic (exact) mass is 852 g/mol. The van der Waals surface area contributed by atoms with Crippen molar-refractivity contribution in [2.24, 2.45) is 9.98 Å². The van der Waals surface area contributed by atoms with E-state index in [1.54, 1.807) is 0 Å². The van der Waals surface area contributed by atoms with Crippen LogP contribution in [0.25, 0.3) is 27.5 Å². The highest BCUT2D eigenvalue weighted by Gasteiger charge is 2.26. The van der Waals surface area contributed by atoms with Crippen molar-refractivity contribution in [2.45, 2.75) is 26.9 Å². The molecule has 1 aliphatic rings. The first-order valence-corrected chi connectivity index (χ1v) is 22.5. The minimum atomic E-state index is -0.286. The van der Waals surface area contributed by atoms with Gasteiger partial charge < -0.3 is 19.7 Å². The van der Waals surface area contributed by atoms with E-state index < -0.39 is 0 Å². The third-order valence-corrected chi connectivity index (χ3v) is 12.7. The lowest BCUT2D eigenvalue weighted by Gasteiger charge is -2.26. The highest BCUT2D eigenvalue weighted by atomic mass is 15.2. The molecule has 0 bridgehead atoms. The summed E-state index contributed by atoms with van der Waals surface area (Å²) >= 11 is 0. The van der Waals surface area contributed by atoms with Crippen molar-refractivity contribution in [1.29, 1.82) is 0 Å². The van der Waals surface area contributed by atoms with E-state index in [1.807, 2.05) is 12.1 Å². The van der Waals surface area contributed by atoms with Crippen molar-refractivity contribution in [3.05, 3.63) is 258 Å². The highest BCUT2D eigenvalue weighted by Crippen LogP contribution is 2.43. The Labute approximate surface area is 386 Å². The van der Waals surface area contributed by atoms with Crippen LogP contribution in [0.1, 0.15) is 39.5 Å². The second-order valence-electron chi connectivity index (χ2n) is 16.8. The molecular formula is C60H48N6. The van der Waals surface area contributed by atoms with Crippen LogP contribution in [0.5, 0.6) is 0 Å². The van der Waals surface area contributed by atoms with Gasteiger partial charge in [-0.2, -0.15) is 0 Å². The predicted molar refractivity (Wildman–Crippen MR) is 276 cm³/mol. The fourth-order valence-corrected chi connectivity index (χ4v) is 9.49. The maximum Gasteiger partial charge on any atom is 0.159 e. The van der Waals surface area contributed by atoms with Crippen LogP contribution in [-0.2, 0) is 0 Å². The molecule has 0 amide bonds. The fraction of sp³-hybridized carbons (Fsp3) is 0.0667. The topological polar surface area (TPSA) is 48.2 Å². The molecule has 6 heteroatoms. The van der Waals surface area contributed by atoms with Gasteiger partial charge in [0.1, 0.15) is 12.0 Å². The van der Waals surface area contributed by atoms with Crippen LogP contribution in [0.3, 0.4) is 0 Å². The molecule has 0 radical (unpaired) electrons. The summed E-state index contributed by atoms with van der Waals surface area (Å²) in [4.78, 5) is 15.2. The summed E-state index contributed by atoms with van der Waals surface area (Å²) < 4.78 is 2.46. The van der Waals surface area contributed by atoms with E-state index >= 15 is 0 Å². The molecule has 1 N–H and O–H groups in total. The van der Waals surface area contributed by atoms with Gasteiger partial charge in [0.15, 0.2) is 5.84 Å². The molecule has 318 valence electrons.